The zero-order chi connectivity index (χ0) is 16.2. The van der Waals surface area contributed by atoms with Crippen LogP contribution in [-0.2, 0) is 17.8 Å². The van der Waals surface area contributed by atoms with E-state index in [1.54, 1.807) is 6.07 Å². The number of nitro benzene ring substituents is 1. The number of nitrogens with one attached hydrogen (secondary N) is 1. The van der Waals surface area contributed by atoms with E-state index in [-0.39, 0.29) is 10.6 Å². The summed E-state index contributed by atoms with van der Waals surface area (Å²) in [5.41, 5.74) is 6.58. The van der Waals surface area contributed by atoms with E-state index >= 15 is 0 Å². The van der Waals surface area contributed by atoms with Crippen molar-refractivity contribution in [3.8, 4) is 0 Å². The molecule has 0 saturated carbocycles. The van der Waals surface area contributed by atoms with Crippen LogP contribution in [0.3, 0.4) is 0 Å². The molecule has 0 atom stereocenters. The first kappa shape index (κ1) is 15.3. The monoisotopic (exact) mass is 313 g/mol. The number of fused-ring (bicyclic) bond motifs is 1. The maximum Gasteiger partial charge on any atom is 0.296 e. The zero-order valence-electron chi connectivity index (χ0n) is 13.0. The van der Waals surface area contributed by atoms with Gasteiger partial charge in [0.2, 0.25) is 0 Å². The number of hydrogen-bond acceptors (Lipinski definition) is 5. The fraction of sp³-hybridized carbons (Fsp3) is 0.294. The number of rotatable bonds is 5. The molecule has 2 aromatic carbocycles. The van der Waals surface area contributed by atoms with Gasteiger partial charge in [-0.1, -0.05) is 30.3 Å². The van der Waals surface area contributed by atoms with Crippen LogP contribution in [0.25, 0.3) is 0 Å². The van der Waals surface area contributed by atoms with Crippen molar-refractivity contribution in [1.29, 1.82) is 0 Å². The highest BCUT2D eigenvalue weighted by molar-refractivity contribution is 5.79. The molecular formula is C17H19N3O3. The largest absolute Gasteiger partial charge is 0.365 e. The van der Waals surface area contributed by atoms with Gasteiger partial charge in [-0.15, -0.1) is 0 Å². The van der Waals surface area contributed by atoms with Crippen LogP contribution in [0.5, 0.6) is 0 Å². The Hall–Kier alpha value is -2.60. The van der Waals surface area contributed by atoms with Crippen molar-refractivity contribution in [1.82, 2.24) is 0 Å². The molecule has 0 spiro atoms. The van der Waals surface area contributed by atoms with Crippen LogP contribution < -0.4 is 10.4 Å². The van der Waals surface area contributed by atoms with Gasteiger partial charge in [-0.2, -0.15) is 0 Å². The van der Waals surface area contributed by atoms with Gasteiger partial charge in [0, 0.05) is 19.2 Å². The van der Waals surface area contributed by atoms with Crippen LogP contribution in [0.2, 0.25) is 0 Å². The standard InChI is InChI=1S/C17H19N3O3/c1-2-23-18-17-15(8-5-9-16(17)20(21)22)19-11-10-13-6-3-4-7-14(13)12-19/h3-9,18H,2,10-12H2,1H3. The fourth-order valence-electron chi connectivity index (χ4n) is 2.89. The summed E-state index contributed by atoms with van der Waals surface area (Å²) in [7, 11) is 0. The highest BCUT2D eigenvalue weighted by atomic mass is 16.6. The molecule has 0 amide bonds. The Labute approximate surface area is 134 Å². The molecule has 6 heteroatoms. The average Bonchev–Trinajstić information content (AvgIpc) is 2.59. The summed E-state index contributed by atoms with van der Waals surface area (Å²) in [6, 6.07) is 13.4. The molecule has 3 rings (SSSR count). The quantitative estimate of drug-likeness (QED) is 0.675. The van der Waals surface area contributed by atoms with Crippen LogP contribution >= 0.6 is 0 Å². The Morgan fingerprint density at radius 3 is 2.74 bits per heavy atom. The third kappa shape index (κ3) is 3.12. The number of anilines is 2. The molecule has 1 aliphatic heterocycles. The minimum atomic E-state index is -0.386. The van der Waals surface area contributed by atoms with Crippen molar-refractivity contribution in [3.63, 3.8) is 0 Å². The highest BCUT2D eigenvalue weighted by Crippen LogP contribution is 2.37. The topological polar surface area (TPSA) is 67.6 Å². The molecule has 0 bridgehead atoms. The van der Waals surface area contributed by atoms with Crippen LogP contribution in [0.15, 0.2) is 42.5 Å². The van der Waals surface area contributed by atoms with Gasteiger partial charge in [0.1, 0.15) is 0 Å². The van der Waals surface area contributed by atoms with E-state index in [1.165, 1.54) is 17.2 Å². The Kier molecular flexibility index (Phi) is 4.43. The Morgan fingerprint density at radius 2 is 2.00 bits per heavy atom. The first-order chi connectivity index (χ1) is 11.2. The molecule has 0 saturated heterocycles. The van der Waals surface area contributed by atoms with Gasteiger partial charge in [-0.25, -0.2) is 0 Å². The normalized spacial score (nSPS) is 13.5. The summed E-state index contributed by atoms with van der Waals surface area (Å²) in [4.78, 5) is 18.3. The summed E-state index contributed by atoms with van der Waals surface area (Å²) in [5, 5.41) is 11.3. The molecule has 0 fully saturated rings. The Balaban J connectivity index is 1.96. The lowest BCUT2D eigenvalue weighted by Crippen LogP contribution is -2.31. The van der Waals surface area contributed by atoms with Gasteiger partial charge in [0.05, 0.1) is 17.2 Å². The van der Waals surface area contributed by atoms with Crippen LogP contribution in [-0.4, -0.2) is 18.1 Å². The predicted octanol–water partition coefficient (Wildman–Crippen LogP) is 3.52. The number of nitro groups is 1. The molecule has 0 aliphatic carbocycles. The van der Waals surface area contributed by atoms with Crippen molar-refractivity contribution in [2.75, 3.05) is 23.5 Å². The molecule has 0 aromatic heterocycles. The van der Waals surface area contributed by atoms with Crippen molar-refractivity contribution in [2.24, 2.45) is 0 Å². The molecule has 2 aromatic rings. The Bertz CT molecular complexity index is 718. The highest BCUT2D eigenvalue weighted by Gasteiger charge is 2.24. The first-order valence-electron chi connectivity index (χ1n) is 7.67. The van der Waals surface area contributed by atoms with Crippen LogP contribution in [0.4, 0.5) is 17.1 Å². The average molecular weight is 313 g/mol. The second-order valence-electron chi connectivity index (χ2n) is 5.40. The third-order valence-corrected chi connectivity index (χ3v) is 4.01. The van der Waals surface area contributed by atoms with Gasteiger partial charge in [-0.3, -0.25) is 20.4 Å². The number of benzene rings is 2. The number of nitrogens with zero attached hydrogens (tertiary/aromatic N) is 2. The minimum Gasteiger partial charge on any atom is -0.365 e. The SMILES string of the molecule is CCONc1c(N2CCc3ccccc3C2)cccc1[N+](=O)[O-]. The van der Waals surface area contributed by atoms with Crippen molar-refractivity contribution in [2.45, 2.75) is 19.9 Å². The number of hydrogen-bond donors (Lipinski definition) is 1. The molecule has 0 radical (unpaired) electrons. The first-order valence-corrected chi connectivity index (χ1v) is 7.67. The summed E-state index contributed by atoms with van der Waals surface area (Å²) in [5.74, 6) is 0. The maximum absolute atomic E-state index is 11.3. The van der Waals surface area contributed by atoms with Gasteiger partial charge >= 0.3 is 0 Å². The van der Waals surface area contributed by atoms with Gasteiger partial charge in [-0.05, 0) is 30.5 Å². The lowest BCUT2D eigenvalue weighted by molar-refractivity contribution is -0.384. The molecule has 1 heterocycles. The van der Waals surface area contributed by atoms with E-state index in [9.17, 15) is 10.1 Å². The van der Waals surface area contributed by atoms with Crippen molar-refractivity contribution in [3.05, 3.63) is 63.7 Å². The second kappa shape index (κ2) is 6.66. The van der Waals surface area contributed by atoms with Gasteiger partial charge in [0.25, 0.3) is 5.69 Å². The molecule has 120 valence electrons. The molecule has 0 unspecified atom stereocenters. The smallest absolute Gasteiger partial charge is 0.296 e. The summed E-state index contributed by atoms with van der Waals surface area (Å²) in [6.07, 6.45) is 0.924. The lowest BCUT2D eigenvalue weighted by atomic mass is 9.99. The van der Waals surface area contributed by atoms with Crippen molar-refractivity contribution >= 4 is 17.1 Å². The number of para-hydroxylation sites is 1. The summed E-state index contributed by atoms with van der Waals surface area (Å²) >= 11 is 0. The molecule has 6 nitrogen and oxygen atoms in total. The van der Waals surface area contributed by atoms with E-state index in [0.717, 1.165) is 25.2 Å². The summed E-state index contributed by atoms with van der Waals surface area (Å²) in [6.45, 7) is 3.81. The molecule has 1 aliphatic rings. The van der Waals surface area contributed by atoms with E-state index < -0.39 is 0 Å². The third-order valence-electron chi connectivity index (χ3n) is 4.01. The van der Waals surface area contributed by atoms with Crippen molar-refractivity contribution < 1.29 is 9.76 Å². The van der Waals surface area contributed by atoms with E-state index in [4.69, 9.17) is 4.84 Å². The van der Waals surface area contributed by atoms with Gasteiger partial charge < -0.3 is 4.90 Å². The van der Waals surface area contributed by atoms with E-state index in [1.807, 2.05) is 25.1 Å². The lowest BCUT2D eigenvalue weighted by Gasteiger charge is -2.32. The van der Waals surface area contributed by atoms with Gasteiger partial charge in [0.15, 0.2) is 5.69 Å². The molecule has 1 N–H and O–H groups in total. The maximum atomic E-state index is 11.3. The van der Waals surface area contributed by atoms with E-state index in [2.05, 4.69) is 22.5 Å². The zero-order valence-corrected chi connectivity index (χ0v) is 13.0. The second-order valence-corrected chi connectivity index (χ2v) is 5.40. The molecular weight excluding hydrogens is 294 g/mol. The summed E-state index contributed by atoms with van der Waals surface area (Å²) < 4.78 is 0. The van der Waals surface area contributed by atoms with Crippen LogP contribution in [0, 0.1) is 10.1 Å². The predicted molar refractivity (Wildman–Crippen MR) is 89.5 cm³/mol. The fourth-order valence-corrected chi connectivity index (χ4v) is 2.89. The minimum absolute atomic E-state index is 0.0230. The van der Waals surface area contributed by atoms with E-state index in [0.29, 0.717) is 12.3 Å². The Morgan fingerprint density at radius 1 is 1.22 bits per heavy atom. The molecule has 23 heavy (non-hydrogen) atoms. The van der Waals surface area contributed by atoms with Crippen LogP contribution in [0.1, 0.15) is 18.1 Å².